The molecule has 1 aromatic carbocycles. The molecule has 23 heavy (non-hydrogen) atoms. The molecule has 1 N–H and O–H groups in total. The largest absolute Gasteiger partial charge is 0.406 e. The number of nitrogens with zero attached hydrogens (tertiary/aromatic N) is 1. The Kier molecular flexibility index (Phi) is 5.90. The van der Waals surface area contributed by atoms with Crippen molar-refractivity contribution < 1.29 is 18.0 Å². The van der Waals surface area contributed by atoms with Crippen LogP contribution in [0.4, 0.5) is 18.0 Å². The second kappa shape index (κ2) is 7.70. The lowest BCUT2D eigenvalue weighted by Crippen LogP contribution is -2.44. The number of urea groups is 1. The minimum absolute atomic E-state index is 0.0878. The number of carbonyl (C=O) groups excluding carboxylic acids is 1. The van der Waals surface area contributed by atoms with Gasteiger partial charge in [0.2, 0.25) is 0 Å². The number of hydrogen-bond acceptors (Lipinski definition) is 2. The summed E-state index contributed by atoms with van der Waals surface area (Å²) in [5, 5.41) is 6.53. The number of hydrogen-bond donors (Lipinski definition) is 1. The van der Waals surface area contributed by atoms with E-state index in [0.717, 1.165) is 10.5 Å². The molecule has 0 aliphatic rings. The lowest BCUT2D eigenvalue weighted by atomic mass is 10.2. The molecule has 1 aromatic heterocycles. The summed E-state index contributed by atoms with van der Waals surface area (Å²) in [5.41, 5.74) is 1.42. The van der Waals surface area contributed by atoms with Gasteiger partial charge in [-0.15, -0.1) is 0 Å². The summed E-state index contributed by atoms with van der Waals surface area (Å²) in [5.74, 6) is 0. The van der Waals surface area contributed by atoms with Crippen molar-refractivity contribution >= 4 is 29.0 Å². The first-order valence-corrected chi connectivity index (χ1v) is 8.00. The molecule has 8 heteroatoms. The first-order chi connectivity index (χ1) is 10.8. The van der Waals surface area contributed by atoms with Crippen molar-refractivity contribution in [1.82, 2.24) is 10.2 Å². The van der Waals surface area contributed by atoms with E-state index in [1.54, 1.807) is 41.1 Å². The SMILES string of the molecule is O=C(NCc1ccc(Cl)cc1)N(Cc1ccsc1)CC(F)(F)F. The van der Waals surface area contributed by atoms with Crippen molar-refractivity contribution in [2.75, 3.05) is 6.54 Å². The number of amides is 2. The monoisotopic (exact) mass is 362 g/mol. The van der Waals surface area contributed by atoms with E-state index in [9.17, 15) is 18.0 Å². The van der Waals surface area contributed by atoms with Crippen LogP contribution >= 0.6 is 22.9 Å². The molecule has 0 fully saturated rings. The van der Waals surface area contributed by atoms with Crippen molar-refractivity contribution in [3.63, 3.8) is 0 Å². The molecular weight excluding hydrogens is 349 g/mol. The molecular formula is C15H14ClF3N2OS. The molecule has 2 rings (SSSR count). The van der Waals surface area contributed by atoms with E-state index >= 15 is 0 Å². The molecule has 0 unspecified atom stereocenters. The van der Waals surface area contributed by atoms with Gasteiger partial charge in [0, 0.05) is 18.1 Å². The molecule has 0 spiro atoms. The summed E-state index contributed by atoms with van der Waals surface area (Å²) in [6, 6.07) is 7.65. The zero-order valence-electron chi connectivity index (χ0n) is 11.9. The van der Waals surface area contributed by atoms with Crippen LogP contribution in [0.25, 0.3) is 0 Å². The fraction of sp³-hybridized carbons (Fsp3) is 0.267. The topological polar surface area (TPSA) is 32.3 Å². The van der Waals surface area contributed by atoms with Crippen LogP contribution in [-0.4, -0.2) is 23.7 Å². The van der Waals surface area contributed by atoms with Crippen LogP contribution in [0.15, 0.2) is 41.1 Å². The number of carbonyl (C=O) groups is 1. The Morgan fingerprint density at radius 1 is 1.17 bits per heavy atom. The number of rotatable bonds is 5. The van der Waals surface area contributed by atoms with E-state index in [1.165, 1.54) is 11.3 Å². The van der Waals surface area contributed by atoms with E-state index in [4.69, 9.17) is 11.6 Å². The van der Waals surface area contributed by atoms with Gasteiger partial charge in [0.25, 0.3) is 0 Å². The minimum Gasteiger partial charge on any atom is -0.334 e. The van der Waals surface area contributed by atoms with Crippen LogP contribution in [0.3, 0.4) is 0 Å². The van der Waals surface area contributed by atoms with E-state index in [0.29, 0.717) is 10.6 Å². The molecule has 0 aliphatic heterocycles. The van der Waals surface area contributed by atoms with Gasteiger partial charge in [-0.1, -0.05) is 23.7 Å². The molecule has 0 saturated heterocycles. The predicted octanol–water partition coefficient (Wildman–Crippen LogP) is 4.68. The highest BCUT2D eigenvalue weighted by molar-refractivity contribution is 7.07. The summed E-state index contributed by atoms with van der Waals surface area (Å²) < 4.78 is 38.0. The maximum atomic E-state index is 12.7. The summed E-state index contributed by atoms with van der Waals surface area (Å²) in [6.07, 6.45) is -4.45. The average molecular weight is 363 g/mol. The summed E-state index contributed by atoms with van der Waals surface area (Å²) in [4.78, 5) is 12.8. The Balaban J connectivity index is 1.98. The predicted molar refractivity (Wildman–Crippen MR) is 84.5 cm³/mol. The van der Waals surface area contributed by atoms with Crippen LogP contribution in [0.5, 0.6) is 0 Å². The molecule has 2 amide bonds. The van der Waals surface area contributed by atoms with Gasteiger partial charge < -0.3 is 10.2 Å². The first-order valence-electron chi connectivity index (χ1n) is 6.68. The molecule has 0 aliphatic carbocycles. The van der Waals surface area contributed by atoms with E-state index in [2.05, 4.69) is 5.32 Å². The summed E-state index contributed by atoms with van der Waals surface area (Å²) >= 11 is 7.13. The molecule has 0 radical (unpaired) electrons. The number of thiophene rings is 1. The van der Waals surface area contributed by atoms with Crippen LogP contribution in [0, 0.1) is 0 Å². The van der Waals surface area contributed by atoms with E-state index in [-0.39, 0.29) is 13.1 Å². The van der Waals surface area contributed by atoms with Gasteiger partial charge in [-0.2, -0.15) is 24.5 Å². The Morgan fingerprint density at radius 2 is 1.87 bits per heavy atom. The molecule has 3 nitrogen and oxygen atoms in total. The normalized spacial score (nSPS) is 11.3. The minimum atomic E-state index is -4.45. The number of halogens is 4. The number of benzene rings is 1. The highest BCUT2D eigenvalue weighted by atomic mass is 35.5. The molecule has 124 valence electrons. The van der Waals surface area contributed by atoms with Crippen LogP contribution in [0.1, 0.15) is 11.1 Å². The molecule has 0 bridgehead atoms. The van der Waals surface area contributed by atoms with Gasteiger partial charge in [0.1, 0.15) is 6.54 Å². The maximum absolute atomic E-state index is 12.7. The third-order valence-electron chi connectivity index (χ3n) is 2.97. The smallest absolute Gasteiger partial charge is 0.334 e. The van der Waals surface area contributed by atoms with Gasteiger partial charge in [-0.3, -0.25) is 0 Å². The standard InChI is InChI=1S/C15H14ClF3N2OS/c16-13-3-1-11(2-4-13)7-20-14(22)21(10-15(17,18)19)8-12-5-6-23-9-12/h1-6,9H,7-8,10H2,(H,20,22). The molecule has 1 heterocycles. The van der Waals surface area contributed by atoms with Gasteiger partial charge in [-0.25, -0.2) is 4.79 Å². The fourth-order valence-electron chi connectivity index (χ4n) is 1.91. The van der Waals surface area contributed by atoms with Crippen molar-refractivity contribution in [1.29, 1.82) is 0 Å². The summed E-state index contributed by atoms with van der Waals surface area (Å²) in [7, 11) is 0. The van der Waals surface area contributed by atoms with Crippen molar-refractivity contribution in [3.05, 3.63) is 57.2 Å². The van der Waals surface area contributed by atoms with Gasteiger partial charge >= 0.3 is 12.2 Å². The highest BCUT2D eigenvalue weighted by Crippen LogP contribution is 2.19. The number of alkyl halides is 3. The Hall–Kier alpha value is -1.73. The first kappa shape index (κ1) is 17.6. The Bertz CT molecular complexity index is 629. The van der Waals surface area contributed by atoms with Gasteiger partial charge in [-0.05, 0) is 40.1 Å². The lowest BCUT2D eigenvalue weighted by molar-refractivity contribution is -0.140. The van der Waals surface area contributed by atoms with Gasteiger partial charge in [0.05, 0.1) is 0 Å². The summed E-state index contributed by atoms with van der Waals surface area (Å²) in [6.45, 7) is -1.25. The van der Waals surface area contributed by atoms with Gasteiger partial charge in [0.15, 0.2) is 0 Å². The molecule has 2 aromatic rings. The second-order valence-electron chi connectivity index (χ2n) is 4.89. The molecule has 0 atom stereocenters. The lowest BCUT2D eigenvalue weighted by Gasteiger charge is -2.24. The average Bonchev–Trinajstić information content (AvgIpc) is 2.97. The van der Waals surface area contributed by atoms with Crippen molar-refractivity contribution in [3.8, 4) is 0 Å². The zero-order chi connectivity index (χ0) is 16.9. The van der Waals surface area contributed by atoms with Crippen LogP contribution in [0.2, 0.25) is 5.02 Å². The van der Waals surface area contributed by atoms with Crippen LogP contribution < -0.4 is 5.32 Å². The Morgan fingerprint density at radius 3 is 2.43 bits per heavy atom. The van der Waals surface area contributed by atoms with Crippen molar-refractivity contribution in [2.45, 2.75) is 19.3 Å². The second-order valence-corrected chi connectivity index (χ2v) is 6.10. The van der Waals surface area contributed by atoms with E-state index < -0.39 is 18.8 Å². The van der Waals surface area contributed by atoms with Crippen LogP contribution in [-0.2, 0) is 13.1 Å². The third-order valence-corrected chi connectivity index (χ3v) is 3.95. The number of nitrogens with one attached hydrogen (secondary N) is 1. The van der Waals surface area contributed by atoms with E-state index in [1.807, 2.05) is 0 Å². The Labute approximate surface area is 140 Å². The van der Waals surface area contributed by atoms with Crippen molar-refractivity contribution in [2.24, 2.45) is 0 Å². The third kappa shape index (κ3) is 6.11. The quantitative estimate of drug-likeness (QED) is 0.823. The fourth-order valence-corrected chi connectivity index (χ4v) is 2.70. The zero-order valence-corrected chi connectivity index (χ0v) is 13.5. The highest BCUT2D eigenvalue weighted by Gasteiger charge is 2.33. The maximum Gasteiger partial charge on any atom is 0.406 e. The molecule has 0 saturated carbocycles.